The first-order valence-corrected chi connectivity index (χ1v) is 15.7. The number of rotatable bonds is 6. The van der Waals surface area contributed by atoms with Gasteiger partial charge in [0.2, 0.25) is 0 Å². The summed E-state index contributed by atoms with van der Waals surface area (Å²) in [6, 6.07) is 13.5. The summed E-state index contributed by atoms with van der Waals surface area (Å²) in [6.07, 6.45) is 0.131. The summed E-state index contributed by atoms with van der Waals surface area (Å²) in [7, 11) is 0. The number of amides is 4. The van der Waals surface area contributed by atoms with E-state index < -0.39 is 60.1 Å². The van der Waals surface area contributed by atoms with Crippen molar-refractivity contribution in [2.75, 3.05) is 0 Å². The second kappa shape index (κ2) is 9.61. The number of carbonyl (C=O) groups excluding carboxylic acids is 6. The van der Waals surface area contributed by atoms with Crippen LogP contribution in [0.5, 0.6) is 0 Å². The molecule has 10 nitrogen and oxygen atoms in total. The van der Waals surface area contributed by atoms with Gasteiger partial charge >= 0.3 is 200 Å². The van der Waals surface area contributed by atoms with Crippen LogP contribution in [0.1, 0.15) is 46.4 Å². The van der Waals surface area contributed by atoms with Gasteiger partial charge < -0.3 is 0 Å². The molecule has 0 radical (unpaired) electrons. The summed E-state index contributed by atoms with van der Waals surface area (Å²) >= 11 is -1.79. The first kappa shape index (κ1) is 22.8. The van der Waals surface area contributed by atoms with Gasteiger partial charge in [-0.3, -0.25) is 0 Å². The van der Waals surface area contributed by atoms with Gasteiger partial charge in [-0.15, -0.1) is 0 Å². The number of hydrogen-bond acceptors (Lipinski definition) is 8. The fourth-order valence-electron chi connectivity index (χ4n) is 3.34. The van der Waals surface area contributed by atoms with E-state index in [9.17, 15) is 28.8 Å². The number of carbonyl (C=O) groups is 6. The Kier molecular flexibility index (Phi) is 6.63. The zero-order chi connectivity index (χ0) is 23.5. The number of imide groups is 2. The third-order valence-electron chi connectivity index (χ3n) is 5.15. The van der Waals surface area contributed by atoms with E-state index in [4.69, 9.17) is 9.68 Å². The number of nitrogens with zero attached hydrogens (tertiary/aromatic N) is 2. The SMILES string of the molecule is O=C(ON1C(=O)CCC1=O)c1cc[c]([Hg][c]2ccc(C(=O)ON3C(=O)CCC3=O)cc2)cc1. The zero-order valence-electron chi connectivity index (χ0n) is 17.3. The van der Waals surface area contributed by atoms with Crippen molar-refractivity contribution in [2.45, 2.75) is 25.7 Å². The van der Waals surface area contributed by atoms with E-state index in [1.165, 1.54) is 0 Å². The van der Waals surface area contributed by atoms with Crippen molar-refractivity contribution in [3.05, 3.63) is 59.7 Å². The van der Waals surface area contributed by atoms with Crippen molar-refractivity contribution >= 4 is 41.7 Å². The van der Waals surface area contributed by atoms with E-state index in [1.807, 2.05) is 0 Å². The van der Waals surface area contributed by atoms with Crippen LogP contribution >= 0.6 is 0 Å². The Bertz CT molecular complexity index is 1040. The van der Waals surface area contributed by atoms with Gasteiger partial charge in [-0.25, -0.2) is 0 Å². The molecule has 2 aliphatic heterocycles. The summed E-state index contributed by atoms with van der Waals surface area (Å²) in [5.74, 6) is -3.69. The fraction of sp³-hybridized carbons (Fsp3) is 0.182. The Morgan fingerprint density at radius 3 is 1.18 bits per heavy atom. The van der Waals surface area contributed by atoms with Crippen LogP contribution in [-0.2, 0) is 53.4 Å². The van der Waals surface area contributed by atoms with Crippen LogP contribution in [0.2, 0.25) is 0 Å². The third kappa shape index (κ3) is 5.16. The molecule has 2 fully saturated rings. The minimum atomic E-state index is -1.79. The minimum absolute atomic E-state index is 0.0328. The Hall–Kier alpha value is -3.40. The van der Waals surface area contributed by atoms with Crippen LogP contribution in [0.3, 0.4) is 0 Å². The molecule has 0 unspecified atom stereocenters. The molecule has 0 spiro atoms. The summed E-state index contributed by atoms with van der Waals surface area (Å²) in [5.41, 5.74) is 0.451. The monoisotopic (exact) mass is 638 g/mol. The Labute approximate surface area is 199 Å². The molecule has 4 amide bonds. The van der Waals surface area contributed by atoms with Gasteiger partial charge in [0.25, 0.3) is 0 Å². The maximum atomic E-state index is 12.2. The van der Waals surface area contributed by atoms with Crippen LogP contribution < -0.4 is 6.14 Å². The van der Waals surface area contributed by atoms with Gasteiger partial charge in [0, 0.05) is 0 Å². The quantitative estimate of drug-likeness (QED) is 0.324. The van der Waals surface area contributed by atoms with Crippen molar-refractivity contribution < 1.29 is 63.0 Å². The standard InChI is InChI=1S/2C11H8NO4.Hg/c2*13-9-6-7-10(14)12(9)16-11(15)8-4-2-1-3-5-8;/h2*2-5H,6-7H2;. The van der Waals surface area contributed by atoms with E-state index in [0.717, 1.165) is 6.14 Å². The molecule has 0 aromatic heterocycles. The Morgan fingerprint density at radius 1 is 0.576 bits per heavy atom. The average Bonchev–Trinajstić information content (AvgIpc) is 3.30. The van der Waals surface area contributed by atoms with Gasteiger partial charge in [0.05, 0.1) is 0 Å². The molecule has 2 aromatic rings. The van der Waals surface area contributed by atoms with Crippen molar-refractivity contribution in [1.29, 1.82) is 0 Å². The molecule has 0 saturated carbocycles. The second-order valence-electron chi connectivity index (χ2n) is 7.49. The molecule has 2 aromatic carbocycles. The third-order valence-corrected chi connectivity index (χ3v) is 12.0. The molecule has 0 aliphatic carbocycles. The van der Waals surface area contributed by atoms with Crippen LogP contribution in [0.25, 0.3) is 0 Å². The van der Waals surface area contributed by atoms with Gasteiger partial charge in [0.1, 0.15) is 0 Å². The van der Waals surface area contributed by atoms with Crippen LogP contribution in [-0.4, -0.2) is 45.7 Å². The Morgan fingerprint density at radius 2 is 0.879 bits per heavy atom. The molecule has 33 heavy (non-hydrogen) atoms. The van der Waals surface area contributed by atoms with Crippen LogP contribution in [0.4, 0.5) is 0 Å². The molecule has 0 atom stereocenters. The average molecular weight is 637 g/mol. The molecule has 11 heteroatoms. The first-order valence-electron chi connectivity index (χ1n) is 10.2. The molecular weight excluding hydrogens is 621 g/mol. The van der Waals surface area contributed by atoms with Gasteiger partial charge in [0.15, 0.2) is 0 Å². The van der Waals surface area contributed by atoms with Crippen molar-refractivity contribution in [3.8, 4) is 0 Å². The van der Waals surface area contributed by atoms with E-state index in [0.29, 0.717) is 10.1 Å². The predicted octanol–water partition coefficient (Wildman–Crippen LogP) is 0.161. The summed E-state index contributed by atoms with van der Waals surface area (Å²) in [6.45, 7) is 0. The van der Waals surface area contributed by atoms with Crippen molar-refractivity contribution in [1.82, 2.24) is 10.1 Å². The zero-order valence-corrected chi connectivity index (χ0v) is 22.8. The molecule has 2 heterocycles. The summed E-state index contributed by atoms with van der Waals surface area (Å²) < 4.78 is 2.17. The van der Waals surface area contributed by atoms with Gasteiger partial charge in [-0.05, 0) is 0 Å². The summed E-state index contributed by atoms with van der Waals surface area (Å²) in [4.78, 5) is 80.4. The number of benzene rings is 2. The second-order valence-corrected chi connectivity index (χ2v) is 15.2. The van der Waals surface area contributed by atoms with E-state index in [-0.39, 0.29) is 36.8 Å². The molecule has 164 valence electrons. The van der Waals surface area contributed by atoms with E-state index in [1.54, 1.807) is 48.5 Å². The number of hydrogen-bond donors (Lipinski definition) is 0. The molecule has 4 rings (SSSR count). The molecule has 0 N–H and O–H groups in total. The van der Waals surface area contributed by atoms with E-state index in [2.05, 4.69) is 0 Å². The van der Waals surface area contributed by atoms with Crippen molar-refractivity contribution in [3.63, 3.8) is 0 Å². The molecule has 2 aliphatic rings. The normalized spacial score (nSPS) is 15.6. The molecule has 2 saturated heterocycles. The topological polar surface area (TPSA) is 127 Å². The predicted molar refractivity (Wildman–Crippen MR) is 105 cm³/mol. The van der Waals surface area contributed by atoms with Crippen LogP contribution in [0, 0.1) is 0 Å². The Balaban J connectivity index is 1.34. The molecule has 0 bridgehead atoms. The van der Waals surface area contributed by atoms with Gasteiger partial charge in [-0.2, -0.15) is 0 Å². The fourth-order valence-corrected chi connectivity index (χ4v) is 8.84. The van der Waals surface area contributed by atoms with Crippen molar-refractivity contribution in [2.24, 2.45) is 0 Å². The van der Waals surface area contributed by atoms with Crippen LogP contribution in [0.15, 0.2) is 48.5 Å². The van der Waals surface area contributed by atoms with Gasteiger partial charge in [-0.1, -0.05) is 0 Å². The number of hydroxylamine groups is 4. The maximum absolute atomic E-state index is 12.2. The first-order chi connectivity index (χ1) is 15.8. The molecular formula is C22H16HgN2O8. The summed E-state index contributed by atoms with van der Waals surface area (Å²) in [5, 5.41) is 1.02. The van der Waals surface area contributed by atoms with E-state index >= 15 is 0 Å².